The fraction of sp³-hybridized carbons (Fsp3) is 0.179. The Balaban J connectivity index is 1.19. The number of ether oxygens (including phenoxy) is 2. The van der Waals surface area contributed by atoms with Crippen molar-refractivity contribution in [3.63, 3.8) is 0 Å². The van der Waals surface area contributed by atoms with Crippen molar-refractivity contribution in [1.29, 1.82) is 0 Å². The number of amides is 2. The van der Waals surface area contributed by atoms with Gasteiger partial charge in [-0.1, -0.05) is 35.5 Å². The fourth-order valence-corrected chi connectivity index (χ4v) is 4.09. The second kappa shape index (κ2) is 11.8. The smallest absolute Gasteiger partial charge is 0.439 e. The van der Waals surface area contributed by atoms with Crippen LogP contribution in [-0.2, 0) is 25.7 Å². The van der Waals surface area contributed by atoms with Crippen LogP contribution in [0.5, 0.6) is 0 Å². The molecular weight excluding hydrogens is 520 g/mol. The molecule has 0 unspecified atom stereocenters. The van der Waals surface area contributed by atoms with Gasteiger partial charge in [0.15, 0.2) is 18.0 Å². The predicted molar refractivity (Wildman–Crippen MR) is 141 cm³/mol. The average Bonchev–Trinajstić information content (AvgIpc) is 3.43. The Morgan fingerprint density at radius 2 is 1.77 bits per heavy atom. The van der Waals surface area contributed by atoms with Crippen LogP contribution in [0.25, 0.3) is 11.4 Å². The first-order valence-electron chi connectivity index (χ1n) is 12.3. The second-order valence-corrected chi connectivity index (χ2v) is 8.84. The lowest BCUT2D eigenvalue weighted by molar-refractivity contribution is -0.150. The molecule has 2 heterocycles. The monoisotopic (exact) mass is 544 g/mol. The minimum atomic E-state index is -1.78. The van der Waals surface area contributed by atoms with Gasteiger partial charge in [0.1, 0.15) is 6.61 Å². The summed E-state index contributed by atoms with van der Waals surface area (Å²) in [6.45, 7) is 0.427. The number of anilines is 2. The average molecular weight is 545 g/mol. The van der Waals surface area contributed by atoms with Crippen LogP contribution in [0.4, 0.5) is 11.4 Å². The van der Waals surface area contributed by atoms with Crippen molar-refractivity contribution in [3.8, 4) is 11.4 Å². The highest BCUT2D eigenvalue weighted by molar-refractivity contribution is 6.04. The summed E-state index contributed by atoms with van der Waals surface area (Å²) in [6, 6.07) is 21.8. The third-order valence-electron chi connectivity index (χ3n) is 6.17. The number of rotatable bonds is 8. The molecule has 1 aliphatic rings. The van der Waals surface area contributed by atoms with E-state index in [9.17, 15) is 24.3 Å². The van der Waals surface area contributed by atoms with Crippen molar-refractivity contribution in [2.75, 3.05) is 23.4 Å². The van der Waals surface area contributed by atoms with Crippen LogP contribution in [0.2, 0.25) is 0 Å². The molecule has 0 aliphatic carbocycles. The van der Waals surface area contributed by atoms with Crippen LogP contribution < -0.4 is 16.0 Å². The number of aliphatic hydroxyl groups is 1. The van der Waals surface area contributed by atoms with E-state index in [4.69, 9.17) is 9.47 Å². The van der Waals surface area contributed by atoms with Crippen molar-refractivity contribution in [2.45, 2.75) is 18.8 Å². The van der Waals surface area contributed by atoms with Gasteiger partial charge in [0.05, 0.1) is 12.2 Å². The molecular formula is C28H24N4O8. The maximum absolute atomic E-state index is 13.1. The number of esters is 1. The molecule has 4 aromatic rings. The van der Waals surface area contributed by atoms with E-state index in [1.54, 1.807) is 36.4 Å². The zero-order valence-corrected chi connectivity index (χ0v) is 21.0. The number of nitrogens with zero attached hydrogens (tertiary/aromatic N) is 2. The summed E-state index contributed by atoms with van der Waals surface area (Å²) >= 11 is 0. The number of benzene rings is 3. The van der Waals surface area contributed by atoms with Crippen LogP contribution in [0.3, 0.4) is 0 Å². The summed E-state index contributed by atoms with van der Waals surface area (Å²) in [5.74, 6) is -2.41. The Kier molecular flexibility index (Phi) is 7.80. The Morgan fingerprint density at radius 3 is 2.45 bits per heavy atom. The van der Waals surface area contributed by atoms with Crippen LogP contribution in [-0.4, -0.2) is 58.4 Å². The van der Waals surface area contributed by atoms with Gasteiger partial charge in [-0.15, -0.1) is 0 Å². The number of nitrogens with one attached hydrogen (secondary N) is 2. The fourth-order valence-electron chi connectivity index (χ4n) is 4.09. The molecule has 12 heteroatoms. The molecule has 2 atom stereocenters. The quantitative estimate of drug-likeness (QED) is 0.282. The van der Waals surface area contributed by atoms with Gasteiger partial charge in [0.25, 0.3) is 11.8 Å². The maximum atomic E-state index is 13.1. The molecule has 0 spiro atoms. The predicted octanol–water partition coefficient (Wildman–Crippen LogP) is 2.12. The van der Waals surface area contributed by atoms with Crippen LogP contribution >= 0.6 is 0 Å². The van der Waals surface area contributed by atoms with Gasteiger partial charge in [-0.3, -0.25) is 19.1 Å². The first-order chi connectivity index (χ1) is 19.4. The summed E-state index contributed by atoms with van der Waals surface area (Å²) in [5.41, 5.74) is 2.54. The van der Waals surface area contributed by atoms with Crippen LogP contribution in [0.15, 0.2) is 88.2 Å². The SMILES string of the molecule is O=C(OCc1ccccc1)c1ccc(N2CCO[C@H]([C@@H](O)C(=O)Nc3ccc(-c4noc(=O)[nH]4)cc3)C2=O)cc1. The van der Waals surface area contributed by atoms with E-state index in [2.05, 4.69) is 20.0 Å². The largest absolute Gasteiger partial charge is 0.457 e. The molecule has 1 aromatic heterocycles. The number of hydrogen-bond acceptors (Lipinski definition) is 9. The Labute approximate surface area is 227 Å². The number of aromatic amines is 1. The van der Waals surface area contributed by atoms with Crippen LogP contribution in [0.1, 0.15) is 15.9 Å². The maximum Gasteiger partial charge on any atom is 0.439 e. The minimum Gasteiger partial charge on any atom is -0.457 e. The van der Waals surface area contributed by atoms with Gasteiger partial charge < -0.3 is 24.8 Å². The molecule has 3 aromatic carbocycles. The first kappa shape index (κ1) is 26.5. The number of morpholine rings is 1. The summed E-state index contributed by atoms with van der Waals surface area (Å²) in [5, 5.41) is 16.8. The van der Waals surface area contributed by atoms with Crippen molar-refractivity contribution in [1.82, 2.24) is 10.1 Å². The molecule has 0 bridgehead atoms. The topological polar surface area (TPSA) is 164 Å². The molecule has 2 amide bonds. The van der Waals surface area contributed by atoms with E-state index >= 15 is 0 Å². The number of carbonyl (C=O) groups is 3. The molecule has 3 N–H and O–H groups in total. The summed E-state index contributed by atoms with van der Waals surface area (Å²) in [7, 11) is 0. The molecule has 12 nitrogen and oxygen atoms in total. The van der Waals surface area contributed by atoms with E-state index in [0.29, 0.717) is 22.5 Å². The number of carbonyl (C=O) groups excluding carboxylic acids is 3. The molecule has 40 heavy (non-hydrogen) atoms. The summed E-state index contributed by atoms with van der Waals surface area (Å²) in [6.07, 6.45) is -3.21. The summed E-state index contributed by atoms with van der Waals surface area (Å²) < 4.78 is 15.3. The number of aromatic nitrogens is 2. The van der Waals surface area contributed by atoms with E-state index < -0.39 is 35.7 Å². The van der Waals surface area contributed by atoms with Gasteiger partial charge >= 0.3 is 11.7 Å². The Hall–Kier alpha value is -5.07. The van der Waals surface area contributed by atoms with Crippen molar-refractivity contribution >= 4 is 29.2 Å². The van der Waals surface area contributed by atoms with Gasteiger partial charge in [-0.25, -0.2) is 9.59 Å². The number of hydrogen-bond donors (Lipinski definition) is 3. The summed E-state index contributed by atoms with van der Waals surface area (Å²) in [4.78, 5) is 53.2. The molecule has 1 saturated heterocycles. The van der Waals surface area contributed by atoms with Gasteiger partial charge in [-0.05, 0) is 54.1 Å². The van der Waals surface area contributed by atoms with Gasteiger partial charge in [-0.2, -0.15) is 0 Å². The van der Waals surface area contributed by atoms with Crippen molar-refractivity contribution in [3.05, 3.63) is 101 Å². The highest BCUT2D eigenvalue weighted by Gasteiger charge is 2.39. The number of aliphatic hydroxyl groups excluding tert-OH is 1. The third kappa shape index (κ3) is 5.98. The van der Waals surface area contributed by atoms with Crippen molar-refractivity contribution < 1.29 is 33.5 Å². The third-order valence-corrected chi connectivity index (χ3v) is 6.17. The lowest BCUT2D eigenvalue weighted by Crippen LogP contribution is -2.55. The van der Waals surface area contributed by atoms with Gasteiger partial charge in [0, 0.05) is 23.5 Å². The minimum absolute atomic E-state index is 0.0895. The molecule has 1 aliphatic heterocycles. The molecule has 1 fully saturated rings. The van der Waals surface area contributed by atoms with Crippen LogP contribution in [0, 0.1) is 0 Å². The van der Waals surface area contributed by atoms with E-state index in [-0.39, 0.29) is 25.6 Å². The lowest BCUT2D eigenvalue weighted by Gasteiger charge is -2.34. The second-order valence-electron chi connectivity index (χ2n) is 8.84. The lowest BCUT2D eigenvalue weighted by atomic mass is 10.1. The van der Waals surface area contributed by atoms with E-state index in [1.165, 1.54) is 17.0 Å². The molecule has 0 radical (unpaired) electrons. The standard InChI is InChI=1S/C28H24N4O8/c33-22(25(34)29-20-10-6-18(7-11-20)24-30-28(37)40-31-24)23-26(35)32(14-15-38-23)21-12-8-19(9-13-21)27(36)39-16-17-4-2-1-3-5-17/h1-13,22-23,33H,14-16H2,(H,29,34)(H,30,31,37)/t22-,23-/m1/s1. The zero-order chi connectivity index (χ0) is 28.1. The van der Waals surface area contributed by atoms with E-state index in [1.807, 2.05) is 30.3 Å². The number of H-pyrrole nitrogens is 1. The first-order valence-corrected chi connectivity index (χ1v) is 12.3. The Morgan fingerprint density at radius 1 is 1.05 bits per heavy atom. The van der Waals surface area contributed by atoms with E-state index in [0.717, 1.165) is 5.56 Å². The zero-order valence-electron chi connectivity index (χ0n) is 21.0. The molecule has 204 valence electrons. The normalized spacial score (nSPS) is 15.9. The van der Waals surface area contributed by atoms with Gasteiger partial charge in [0.2, 0.25) is 0 Å². The highest BCUT2D eigenvalue weighted by atomic mass is 16.5. The highest BCUT2D eigenvalue weighted by Crippen LogP contribution is 2.23. The Bertz CT molecular complexity index is 1550. The van der Waals surface area contributed by atoms with Crippen molar-refractivity contribution in [2.24, 2.45) is 0 Å². The molecule has 5 rings (SSSR count). The molecule has 0 saturated carbocycles.